The Morgan fingerprint density at radius 3 is 2.35 bits per heavy atom. The third kappa shape index (κ3) is 7.37. The molecule has 1 rings (SSSR count). The second-order valence-corrected chi connectivity index (χ2v) is 4.77. The lowest BCUT2D eigenvalue weighted by Crippen LogP contribution is -2.35. The van der Waals surface area contributed by atoms with Crippen molar-refractivity contribution in [2.45, 2.75) is 32.7 Å². The van der Waals surface area contributed by atoms with Crippen molar-refractivity contribution in [2.24, 2.45) is 11.7 Å². The lowest BCUT2D eigenvalue weighted by molar-refractivity contribution is 0.442. The summed E-state index contributed by atoms with van der Waals surface area (Å²) in [4.78, 5) is 0. The summed E-state index contributed by atoms with van der Waals surface area (Å²) in [5.74, 6) is 0.691. The first-order valence-electron chi connectivity index (χ1n) is 6.19. The fourth-order valence-electron chi connectivity index (χ4n) is 1.78. The fraction of sp³-hybridized carbons (Fsp3) is 0.571. The molecule has 1 aromatic carbocycles. The Morgan fingerprint density at radius 2 is 1.82 bits per heavy atom. The Kier molecular flexibility index (Phi) is 9.14. The molecule has 3 heteroatoms. The van der Waals surface area contributed by atoms with E-state index >= 15 is 0 Å². The largest absolute Gasteiger partial charge is 0.330 e. The lowest BCUT2D eigenvalue weighted by Gasteiger charge is -2.19. The molecule has 0 saturated heterocycles. The average molecular weight is 257 g/mol. The van der Waals surface area contributed by atoms with Gasteiger partial charge in [-0.3, -0.25) is 0 Å². The van der Waals surface area contributed by atoms with E-state index in [0.29, 0.717) is 12.0 Å². The summed E-state index contributed by atoms with van der Waals surface area (Å²) in [6.07, 6.45) is 2.12. The van der Waals surface area contributed by atoms with Gasteiger partial charge in [-0.15, -0.1) is 12.4 Å². The molecule has 0 aliphatic heterocycles. The Balaban J connectivity index is 0.00000256. The molecule has 3 N–H and O–H groups in total. The Bertz CT molecular complexity index is 275. The molecule has 0 spiro atoms. The molecule has 0 radical (unpaired) electrons. The number of hydrogen-bond donors (Lipinski definition) is 2. The van der Waals surface area contributed by atoms with Gasteiger partial charge in [0.2, 0.25) is 0 Å². The second-order valence-electron chi connectivity index (χ2n) is 4.77. The van der Waals surface area contributed by atoms with E-state index in [2.05, 4.69) is 49.5 Å². The van der Waals surface area contributed by atoms with Crippen LogP contribution < -0.4 is 11.1 Å². The molecular weight excluding hydrogens is 232 g/mol. The van der Waals surface area contributed by atoms with Gasteiger partial charge in [-0.1, -0.05) is 44.2 Å². The number of benzene rings is 1. The highest BCUT2D eigenvalue weighted by atomic mass is 35.5. The predicted octanol–water partition coefficient (Wildman–Crippen LogP) is 2.61. The molecule has 98 valence electrons. The molecule has 0 saturated carbocycles. The maximum absolute atomic E-state index is 5.65. The van der Waals surface area contributed by atoms with Crippen LogP contribution in [0.15, 0.2) is 30.3 Å². The van der Waals surface area contributed by atoms with Crippen LogP contribution in [0.1, 0.15) is 25.8 Å². The number of nitrogens with one attached hydrogen (secondary N) is 1. The van der Waals surface area contributed by atoms with E-state index in [1.54, 1.807) is 0 Å². The molecule has 0 aromatic heterocycles. The van der Waals surface area contributed by atoms with Crippen LogP contribution in [0.2, 0.25) is 0 Å². The van der Waals surface area contributed by atoms with Gasteiger partial charge < -0.3 is 11.1 Å². The van der Waals surface area contributed by atoms with Crippen LogP contribution in [0.4, 0.5) is 0 Å². The third-order valence-electron chi connectivity index (χ3n) is 2.65. The summed E-state index contributed by atoms with van der Waals surface area (Å²) < 4.78 is 0. The number of rotatable bonds is 7. The molecule has 0 heterocycles. The zero-order chi connectivity index (χ0) is 11.8. The van der Waals surface area contributed by atoms with Crippen molar-refractivity contribution in [1.82, 2.24) is 5.32 Å². The zero-order valence-electron chi connectivity index (χ0n) is 10.9. The van der Waals surface area contributed by atoms with Gasteiger partial charge in [-0.05, 0) is 37.4 Å². The first kappa shape index (κ1) is 16.4. The van der Waals surface area contributed by atoms with Gasteiger partial charge in [-0.2, -0.15) is 0 Å². The van der Waals surface area contributed by atoms with Crippen molar-refractivity contribution in [2.75, 3.05) is 13.1 Å². The van der Waals surface area contributed by atoms with Crippen LogP contribution in [0.5, 0.6) is 0 Å². The fourth-order valence-corrected chi connectivity index (χ4v) is 1.78. The van der Waals surface area contributed by atoms with E-state index in [1.165, 1.54) is 5.56 Å². The van der Waals surface area contributed by atoms with Crippen LogP contribution in [0.3, 0.4) is 0 Å². The molecular formula is C14H25ClN2. The Morgan fingerprint density at radius 1 is 1.18 bits per heavy atom. The summed E-state index contributed by atoms with van der Waals surface area (Å²) in [6, 6.07) is 11.1. The van der Waals surface area contributed by atoms with Gasteiger partial charge in [0, 0.05) is 6.04 Å². The van der Waals surface area contributed by atoms with Gasteiger partial charge in [-0.25, -0.2) is 0 Å². The van der Waals surface area contributed by atoms with Crippen molar-refractivity contribution >= 4 is 12.4 Å². The SMILES string of the molecule is CC(C)CNC(CCN)Cc1ccccc1.Cl. The molecule has 1 unspecified atom stereocenters. The number of nitrogens with two attached hydrogens (primary N) is 1. The molecule has 0 fully saturated rings. The Labute approximate surface area is 111 Å². The van der Waals surface area contributed by atoms with E-state index < -0.39 is 0 Å². The molecule has 0 amide bonds. The highest BCUT2D eigenvalue weighted by molar-refractivity contribution is 5.85. The van der Waals surface area contributed by atoms with Gasteiger partial charge in [0.1, 0.15) is 0 Å². The Hall–Kier alpha value is -0.570. The molecule has 17 heavy (non-hydrogen) atoms. The minimum absolute atomic E-state index is 0. The summed E-state index contributed by atoms with van der Waals surface area (Å²) in [5, 5.41) is 3.59. The van der Waals surface area contributed by atoms with Gasteiger partial charge in [0.25, 0.3) is 0 Å². The van der Waals surface area contributed by atoms with Gasteiger partial charge in [0.05, 0.1) is 0 Å². The highest BCUT2D eigenvalue weighted by Crippen LogP contribution is 2.05. The average Bonchev–Trinajstić information content (AvgIpc) is 2.27. The van der Waals surface area contributed by atoms with E-state index in [-0.39, 0.29) is 12.4 Å². The van der Waals surface area contributed by atoms with Crippen molar-refractivity contribution in [3.8, 4) is 0 Å². The smallest absolute Gasteiger partial charge is 0.0120 e. The monoisotopic (exact) mass is 256 g/mol. The standard InChI is InChI=1S/C14H24N2.ClH/c1-12(2)11-16-14(8-9-15)10-13-6-4-3-5-7-13;/h3-7,12,14,16H,8-11,15H2,1-2H3;1H. The molecule has 0 aliphatic rings. The van der Waals surface area contributed by atoms with E-state index in [1.807, 2.05) is 0 Å². The van der Waals surface area contributed by atoms with Crippen LogP contribution in [-0.2, 0) is 6.42 Å². The van der Waals surface area contributed by atoms with Crippen molar-refractivity contribution < 1.29 is 0 Å². The second kappa shape index (κ2) is 9.46. The lowest BCUT2D eigenvalue weighted by atomic mass is 10.0. The molecule has 2 nitrogen and oxygen atoms in total. The van der Waals surface area contributed by atoms with Gasteiger partial charge >= 0.3 is 0 Å². The molecule has 1 atom stereocenters. The number of hydrogen-bond acceptors (Lipinski definition) is 2. The highest BCUT2D eigenvalue weighted by Gasteiger charge is 2.08. The maximum Gasteiger partial charge on any atom is 0.0120 e. The molecule has 0 aliphatic carbocycles. The minimum Gasteiger partial charge on any atom is -0.330 e. The maximum atomic E-state index is 5.65. The predicted molar refractivity (Wildman–Crippen MR) is 77.7 cm³/mol. The first-order valence-corrected chi connectivity index (χ1v) is 6.19. The van der Waals surface area contributed by atoms with Gasteiger partial charge in [0.15, 0.2) is 0 Å². The topological polar surface area (TPSA) is 38.0 Å². The zero-order valence-corrected chi connectivity index (χ0v) is 11.7. The van der Waals surface area contributed by atoms with Crippen LogP contribution in [0, 0.1) is 5.92 Å². The summed E-state index contributed by atoms with van der Waals surface area (Å²) in [7, 11) is 0. The van der Waals surface area contributed by atoms with Crippen molar-refractivity contribution in [3.63, 3.8) is 0 Å². The van der Waals surface area contributed by atoms with Crippen LogP contribution >= 0.6 is 12.4 Å². The van der Waals surface area contributed by atoms with E-state index in [0.717, 1.165) is 25.9 Å². The quantitative estimate of drug-likeness (QED) is 0.787. The van der Waals surface area contributed by atoms with Crippen LogP contribution in [0.25, 0.3) is 0 Å². The molecule has 1 aromatic rings. The minimum atomic E-state index is 0. The summed E-state index contributed by atoms with van der Waals surface area (Å²) in [6.45, 7) is 6.28. The van der Waals surface area contributed by atoms with E-state index in [9.17, 15) is 0 Å². The van der Waals surface area contributed by atoms with Crippen molar-refractivity contribution in [3.05, 3.63) is 35.9 Å². The normalized spacial score (nSPS) is 12.2. The first-order chi connectivity index (χ1) is 7.72. The number of halogens is 1. The van der Waals surface area contributed by atoms with Crippen molar-refractivity contribution in [1.29, 1.82) is 0 Å². The molecule has 0 bridgehead atoms. The third-order valence-corrected chi connectivity index (χ3v) is 2.65. The van der Waals surface area contributed by atoms with E-state index in [4.69, 9.17) is 5.73 Å². The summed E-state index contributed by atoms with van der Waals surface area (Å²) in [5.41, 5.74) is 7.04. The van der Waals surface area contributed by atoms with Crippen LogP contribution in [-0.4, -0.2) is 19.1 Å². The summed E-state index contributed by atoms with van der Waals surface area (Å²) >= 11 is 0.